The van der Waals surface area contributed by atoms with Gasteiger partial charge in [0.2, 0.25) is 0 Å². The molecule has 0 bridgehead atoms. The smallest absolute Gasteiger partial charge is 0.256 e. The van der Waals surface area contributed by atoms with Crippen LogP contribution < -0.4 is 11.1 Å². The molecule has 30 heavy (non-hydrogen) atoms. The molecule has 3 rings (SSSR count). The molecule has 0 radical (unpaired) electrons. The summed E-state index contributed by atoms with van der Waals surface area (Å²) in [7, 11) is 0. The average molecular weight is 463 g/mol. The van der Waals surface area contributed by atoms with Gasteiger partial charge in [-0.1, -0.05) is 29.3 Å². The molecule has 0 aliphatic carbocycles. The van der Waals surface area contributed by atoms with E-state index in [0.717, 1.165) is 28.4 Å². The van der Waals surface area contributed by atoms with Gasteiger partial charge in [0.25, 0.3) is 5.91 Å². The van der Waals surface area contributed by atoms with E-state index in [0.29, 0.717) is 23.0 Å². The van der Waals surface area contributed by atoms with Gasteiger partial charge in [0.1, 0.15) is 5.76 Å². The summed E-state index contributed by atoms with van der Waals surface area (Å²) < 4.78 is 5.27. The predicted molar refractivity (Wildman–Crippen MR) is 121 cm³/mol. The third-order valence-corrected chi connectivity index (χ3v) is 5.83. The number of halogens is 2. The molecular weight excluding hydrogens is 443 g/mol. The molecule has 3 N–H and O–H groups in total. The van der Waals surface area contributed by atoms with E-state index in [1.54, 1.807) is 42.6 Å². The maximum absolute atomic E-state index is 12.4. The third kappa shape index (κ3) is 6.26. The molecule has 0 saturated heterocycles. The first-order valence-corrected chi connectivity index (χ1v) is 11.0. The normalized spacial score (nSPS) is 11.5. The predicted octanol–water partition coefficient (Wildman–Crippen LogP) is 4.32. The van der Waals surface area contributed by atoms with Crippen molar-refractivity contribution in [2.24, 2.45) is 5.73 Å². The van der Waals surface area contributed by atoms with E-state index >= 15 is 0 Å². The Labute approximate surface area is 188 Å². The summed E-state index contributed by atoms with van der Waals surface area (Å²) >= 11 is 13.7. The number of thioether (sulfide) groups is 1. The molecule has 0 aliphatic heterocycles. The minimum atomic E-state index is -0.312. The Balaban J connectivity index is 1.51. The molecule has 0 fully saturated rings. The molecule has 2 heterocycles. The van der Waals surface area contributed by atoms with Gasteiger partial charge in [0.15, 0.2) is 5.82 Å². The molecule has 3 aromatic rings. The molecule has 0 atom stereocenters. The Hall–Kier alpha value is -2.48. The summed E-state index contributed by atoms with van der Waals surface area (Å²) in [5.41, 5.74) is 7.74. The largest absolute Gasteiger partial charge is 0.468 e. The van der Waals surface area contributed by atoms with Crippen LogP contribution in [-0.4, -0.2) is 28.2 Å². The number of furan rings is 1. The first-order chi connectivity index (χ1) is 14.6. The minimum Gasteiger partial charge on any atom is -0.468 e. The lowest BCUT2D eigenvalue weighted by Crippen LogP contribution is -2.27. The van der Waals surface area contributed by atoms with Crippen molar-refractivity contribution in [2.45, 2.75) is 12.2 Å². The summed E-state index contributed by atoms with van der Waals surface area (Å²) in [6.07, 6.45) is 6.80. The van der Waals surface area contributed by atoms with E-state index in [9.17, 15) is 4.79 Å². The van der Waals surface area contributed by atoms with Crippen LogP contribution in [0, 0.1) is 0 Å². The van der Waals surface area contributed by atoms with Gasteiger partial charge >= 0.3 is 0 Å². The molecule has 0 saturated carbocycles. The van der Waals surface area contributed by atoms with Crippen LogP contribution in [-0.2, 0) is 17.0 Å². The number of carbonyl (C=O) groups excluding carboxylic acids is 1. The molecule has 0 spiro atoms. The second-order valence-electron chi connectivity index (χ2n) is 6.31. The van der Waals surface area contributed by atoms with Crippen molar-refractivity contribution in [3.05, 3.63) is 87.9 Å². The number of nitrogens with two attached hydrogens (primary N) is 1. The van der Waals surface area contributed by atoms with Crippen molar-refractivity contribution in [3.8, 4) is 0 Å². The number of carbonyl (C=O) groups is 1. The zero-order valence-electron chi connectivity index (χ0n) is 16.0. The number of benzene rings is 1. The van der Waals surface area contributed by atoms with Crippen LogP contribution in [0.3, 0.4) is 0 Å². The van der Waals surface area contributed by atoms with Crippen molar-refractivity contribution in [3.63, 3.8) is 0 Å². The van der Waals surface area contributed by atoms with E-state index in [2.05, 4.69) is 15.3 Å². The highest BCUT2D eigenvalue weighted by atomic mass is 35.5. The maximum atomic E-state index is 12.4. The summed E-state index contributed by atoms with van der Waals surface area (Å²) in [5.74, 6) is 2.37. The molecule has 9 heteroatoms. The highest BCUT2D eigenvalue weighted by molar-refractivity contribution is 7.98. The molecule has 0 aliphatic rings. The number of hydrogen-bond acceptors (Lipinski definition) is 6. The summed E-state index contributed by atoms with van der Waals surface area (Å²) in [6.45, 7) is 0.497. The summed E-state index contributed by atoms with van der Waals surface area (Å²) in [6, 6.07) is 9.22. The molecule has 6 nitrogen and oxygen atoms in total. The van der Waals surface area contributed by atoms with Gasteiger partial charge in [-0.2, -0.15) is 11.8 Å². The van der Waals surface area contributed by atoms with Crippen LogP contribution in [0.15, 0.2) is 59.6 Å². The van der Waals surface area contributed by atoms with E-state index in [1.165, 1.54) is 6.20 Å². The highest BCUT2D eigenvalue weighted by Crippen LogP contribution is 2.23. The van der Waals surface area contributed by atoms with Crippen LogP contribution in [0.25, 0.3) is 5.57 Å². The third-order valence-electron chi connectivity index (χ3n) is 4.11. The van der Waals surface area contributed by atoms with Crippen molar-refractivity contribution >= 4 is 46.4 Å². The summed E-state index contributed by atoms with van der Waals surface area (Å²) in [5, 5.41) is 3.84. The lowest BCUT2D eigenvalue weighted by molar-refractivity contribution is -0.115. The quantitative estimate of drug-likeness (QED) is 0.363. The van der Waals surface area contributed by atoms with E-state index < -0.39 is 0 Å². The number of rotatable bonds is 9. The van der Waals surface area contributed by atoms with E-state index in [-0.39, 0.29) is 17.3 Å². The Morgan fingerprint density at radius 2 is 1.97 bits per heavy atom. The minimum absolute atomic E-state index is 0.229. The SMILES string of the molecule is N/C=C(/C(=O)NCCSCc1ccco1)c1ncc(Cc2ccc(Cl)c(Cl)c2)cn1. The van der Waals surface area contributed by atoms with Crippen LogP contribution in [0.2, 0.25) is 10.0 Å². The Morgan fingerprint density at radius 3 is 2.63 bits per heavy atom. The Morgan fingerprint density at radius 1 is 1.17 bits per heavy atom. The second-order valence-corrected chi connectivity index (χ2v) is 8.23. The van der Waals surface area contributed by atoms with Gasteiger partial charge in [-0.15, -0.1) is 0 Å². The molecular formula is C21H20Cl2N4O2S. The average Bonchev–Trinajstić information content (AvgIpc) is 3.26. The lowest BCUT2D eigenvalue weighted by atomic mass is 10.1. The first kappa shape index (κ1) is 22.2. The fourth-order valence-corrected chi connectivity index (χ4v) is 3.70. The van der Waals surface area contributed by atoms with E-state index in [4.69, 9.17) is 33.4 Å². The van der Waals surface area contributed by atoms with Gasteiger partial charge in [-0.05, 0) is 35.4 Å². The zero-order chi connectivity index (χ0) is 21.3. The van der Waals surface area contributed by atoms with Crippen LogP contribution in [0.4, 0.5) is 0 Å². The number of hydrogen-bond donors (Lipinski definition) is 2. The topological polar surface area (TPSA) is 94.0 Å². The second kappa shape index (κ2) is 11.1. The number of aromatic nitrogens is 2. The number of nitrogens with one attached hydrogen (secondary N) is 1. The maximum Gasteiger partial charge on any atom is 0.256 e. The summed E-state index contributed by atoms with van der Waals surface area (Å²) in [4.78, 5) is 21.0. The van der Waals surface area contributed by atoms with E-state index in [1.807, 2.05) is 18.2 Å². The van der Waals surface area contributed by atoms with Crippen LogP contribution in [0.1, 0.15) is 22.7 Å². The Bertz CT molecular complexity index is 1010. The number of amides is 1. The fraction of sp³-hybridized carbons (Fsp3) is 0.190. The molecule has 1 amide bonds. The van der Waals surface area contributed by atoms with Crippen molar-refractivity contribution in [1.29, 1.82) is 0 Å². The van der Waals surface area contributed by atoms with Gasteiger partial charge < -0.3 is 15.5 Å². The lowest BCUT2D eigenvalue weighted by Gasteiger charge is -2.08. The van der Waals surface area contributed by atoms with Crippen molar-refractivity contribution in [1.82, 2.24) is 15.3 Å². The van der Waals surface area contributed by atoms with Crippen molar-refractivity contribution in [2.75, 3.05) is 12.3 Å². The van der Waals surface area contributed by atoms with Gasteiger partial charge in [-0.3, -0.25) is 4.79 Å². The fourth-order valence-electron chi connectivity index (χ4n) is 2.62. The van der Waals surface area contributed by atoms with Crippen molar-refractivity contribution < 1.29 is 9.21 Å². The van der Waals surface area contributed by atoms with Gasteiger partial charge in [-0.25, -0.2) is 9.97 Å². The Kier molecular flexibility index (Phi) is 8.19. The molecule has 1 aromatic carbocycles. The standard InChI is InChI=1S/C21H20Cl2N4O2S/c22-18-4-3-14(9-19(18)23)8-15-11-26-20(27-12-15)17(10-24)21(28)25-5-7-30-13-16-2-1-6-29-16/h1-4,6,9-12H,5,7-8,13,24H2,(H,25,28)/b17-10+. The molecule has 156 valence electrons. The zero-order valence-corrected chi connectivity index (χ0v) is 18.3. The number of nitrogens with zero attached hydrogens (tertiary/aromatic N) is 2. The molecule has 2 aromatic heterocycles. The monoisotopic (exact) mass is 462 g/mol. The first-order valence-electron chi connectivity index (χ1n) is 9.12. The van der Waals surface area contributed by atoms with Gasteiger partial charge in [0, 0.05) is 37.3 Å². The molecule has 0 unspecified atom stereocenters. The van der Waals surface area contributed by atoms with Crippen LogP contribution >= 0.6 is 35.0 Å². The van der Waals surface area contributed by atoms with Crippen LogP contribution in [0.5, 0.6) is 0 Å². The highest BCUT2D eigenvalue weighted by Gasteiger charge is 2.14. The van der Waals surface area contributed by atoms with Gasteiger partial charge in [0.05, 0.1) is 27.6 Å².